The van der Waals surface area contributed by atoms with E-state index in [4.69, 9.17) is 4.74 Å². The van der Waals surface area contributed by atoms with Crippen molar-refractivity contribution in [2.45, 2.75) is 52.1 Å². The van der Waals surface area contributed by atoms with Crippen LogP contribution in [0.15, 0.2) is 29.3 Å². The van der Waals surface area contributed by atoms with Crippen LogP contribution in [-0.2, 0) is 14.8 Å². The molecule has 0 bridgehead atoms. The molecule has 2 rings (SSSR count). The van der Waals surface area contributed by atoms with Crippen LogP contribution in [-0.4, -0.2) is 59.0 Å². The number of guanidine groups is 1. The van der Waals surface area contributed by atoms with E-state index >= 15 is 0 Å². The quantitative estimate of drug-likeness (QED) is 0.236. The number of hydrogen-bond donors (Lipinski definition) is 3. The summed E-state index contributed by atoms with van der Waals surface area (Å²) in [6.07, 6.45) is 3.06. The second-order valence-corrected chi connectivity index (χ2v) is 9.54. The van der Waals surface area contributed by atoms with Gasteiger partial charge in [-0.25, -0.2) is 13.1 Å². The van der Waals surface area contributed by atoms with Gasteiger partial charge in [0.25, 0.3) is 0 Å². The molecule has 30 heavy (non-hydrogen) atoms. The Morgan fingerprint density at radius 1 is 1.30 bits per heavy atom. The van der Waals surface area contributed by atoms with Crippen molar-refractivity contribution in [3.05, 3.63) is 35.4 Å². The lowest BCUT2D eigenvalue weighted by atomic mass is 10.00. The molecule has 1 aliphatic rings. The molecule has 0 spiro atoms. The van der Waals surface area contributed by atoms with Gasteiger partial charge in [-0.3, -0.25) is 4.99 Å². The van der Waals surface area contributed by atoms with Crippen LogP contribution in [0.3, 0.4) is 0 Å². The minimum Gasteiger partial charge on any atom is -0.377 e. The van der Waals surface area contributed by atoms with E-state index in [1.807, 2.05) is 6.92 Å². The van der Waals surface area contributed by atoms with Crippen molar-refractivity contribution in [3.63, 3.8) is 0 Å². The van der Waals surface area contributed by atoms with Gasteiger partial charge < -0.3 is 15.4 Å². The zero-order valence-corrected chi connectivity index (χ0v) is 21.5. The molecular weight excluding hydrogens is 515 g/mol. The predicted molar refractivity (Wildman–Crippen MR) is 134 cm³/mol. The maximum absolute atomic E-state index is 12.2. The molecule has 1 saturated heterocycles. The van der Waals surface area contributed by atoms with Gasteiger partial charge >= 0.3 is 0 Å². The highest BCUT2D eigenvalue weighted by atomic mass is 127. The highest BCUT2D eigenvalue weighted by Crippen LogP contribution is 2.16. The van der Waals surface area contributed by atoms with Gasteiger partial charge in [-0.15, -0.1) is 24.0 Å². The zero-order valence-electron chi connectivity index (χ0n) is 18.3. The van der Waals surface area contributed by atoms with Crippen LogP contribution in [0.5, 0.6) is 0 Å². The fourth-order valence-electron chi connectivity index (χ4n) is 3.22. The SMILES string of the molecule is CCNC(=NCC(C)c1cccc(C)c1)NCCS(=O)(=O)NCC1CCCCO1.I. The standard InChI is InChI=1S/C21H36N4O3S.HI/c1-4-22-21(24-15-18(3)19-9-7-8-17(2)14-19)23-11-13-29(26,27)25-16-20-10-5-6-12-28-20;/h7-9,14,18,20,25H,4-6,10-13,15-16H2,1-3H3,(H2,22,23,24);1H. The molecular formula is C21H37IN4O3S. The molecule has 172 valence electrons. The normalized spacial score (nSPS) is 18.4. The summed E-state index contributed by atoms with van der Waals surface area (Å²) >= 11 is 0. The second-order valence-electron chi connectivity index (χ2n) is 7.62. The summed E-state index contributed by atoms with van der Waals surface area (Å²) in [4.78, 5) is 4.62. The molecule has 0 amide bonds. The number of hydrogen-bond acceptors (Lipinski definition) is 4. The number of nitrogens with zero attached hydrogens (tertiary/aromatic N) is 1. The number of benzene rings is 1. The largest absolute Gasteiger partial charge is 0.377 e. The Hall–Kier alpha value is -0.910. The molecule has 0 radical (unpaired) electrons. The minimum atomic E-state index is -3.35. The average Bonchev–Trinajstić information content (AvgIpc) is 2.71. The number of nitrogens with one attached hydrogen (secondary N) is 3. The Morgan fingerprint density at radius 2 is 2.10 bits per heavy atom. The highest BCUT2D eigenvalue weighted by molar-refractivity contribution is 14.0. The van der Waals surface area contributed by atoms with Crippen molar-refractivity contribution in [1.29, 1.82) is 0 Å². The maximum atomic E-state index is 12.2. The van der Waals surface area contributed by atoms with Crippen LogP contribution in [0, 0.1) is 6.92 Å². The monoisotopic (exact) mass is 552 g/mol. The average molecular weight is 553 g/mol. The summed E-state index contributed by atoms with van der Waals surface area (Å²) in [7, 11) is -3.35. The first-order valence-corrected chi connectivity index (χ1v) is 12.2. The van der Waals surface area contributed by atoms with E-state index in [1.54, 1.807) is 0 Å². The molecule has 0 aromatic heterocycles. The van der Waals surface area contributed by atoms with Gasteiger partial charge in [-0.05, 0) is 38.7 Å². The molecule has 1 aromatic carbocycles. The minimum absolute atomic E-state index is 0. The van der Waals surface area contributed by atoms with E-state index in [0.29, 0.717) is 32.1 Å². The number of sulfonamides is 1. The fraction of sp³-hybridized carbons (Fsp3) is 0.667. The molecule has 0 aliphatic carbocycles. The lowest BCUT2D eigenvalue weighted by molar-refractivity contribution is 0.0200. The fourth-order valence-corrected chi connectivity index (χ4v) is 4.17. The van der Waals surface area contributed by atoms with Crippen molar-refractivity contribution in [3.8, 4) is 0 Å². The molecule has 1 heterocycles. The highest BCUT2D eigenvalue weighted by Gasteiger charge is 2.17. The number of rotatable bonds is 10. The van der Waals surface area contributed by atoms with Gasteiger partial charge in [0.05, 0.1) is 11.9 Å². The Kier molecular flexibility index (Phi) is 12.8. The van der Waals surface area contributed by atoms with Gasteiger partial charge in [-0.2, -0.15) is 0 Å². The van der Waals surface area contributed by atoms with Gasteiger partial charge in [0.15, 0.2) is 5.96 Å². The molecule has 1 fully saturated rings. The van der Waals surface area contributed by atoms with Crippen LogP contribution < -0.4 is 15.4 Å². The van der Waals surface area contributed by atoms with Crippen LogP contribution in [0.25, 0.3) is 0 Å². The molecule has 3 N–H and O–H groups in total. The third-order valence-corrected chi connectivity index (χ3v) is 6.29. The van der Waals surface area contributed by atoms with Crippen LogP contribution >= 0.6 is 24.0 Å². The Bertz CT molecular complexity index is 752. The summed E-state index contributed by atoms with van der Waals surface area (Å²) in [6.45, 7) is 8.93. The third-order valence-electron chi connectivity index (χ3n) is 4.95. The second kappa shape index (κ2) is 14.2. The Balaban J connectivity index is 0.00000450. The lowest BCUT2D eigenvalue weighted by Gasteiger charge is -2.22. The smallest absolute Gasteiger partial charge is 0.213 e. The van der Waals surface area contributed by atoms with E-state index in [-0.39, 0.29) is 41.8 Å². The number of aryl methyl sites for hydroxylation is 1. The van der Waals surface area contributed by atoms with E-state index in [9.17, 15) is 8.42 Å². The van der Waals surface area contributed by atoms with Gasteiger partial charge in [0.2, 0.25) is 10.0 Å². The topological polar surface area (TPSA) is 91.8 Å². The first-order valence-electron chi connectivity index (χ1n) is 10.6. The summed E-state index contributed by atoms with van der Waals surface area (Å²) < 4.78 is 32.7. The number of aliphatic imine (C=N–C) groups is 1. The third kappa shape index (κ3) is 10.4. The molecule has 1 aliphatic heterocycles. The zero-order chi connectivity index (χ0) is 21.1. The maximum Gasteiger partial charge on any atom is 0.213 e. The van der Waals surface area contributed by atoms with E-state index in [2.05, 4.69) is 58.5 Å². The molecule has 0 saturated carbocycles. The van der Waals surface area contributed by atoms with E-state index < -0.39 is 10.0 Å². The van der Waals surface area contributed by atoms with Crippen LogP contribution in [0.4, 0.5) is 0 Å². The molecule has 9 heteroatoms. The lowest BCUT2D eigenvalue weighted by Crippen LogP contribution is -2.42. The summed E-state index contributed by atoms with van der Waals surface area (Å²) in [6, 6.07) is 8.43. The van der Waals surface area contributed by atoms with Gasteiger partial charge in [0.1, 0.15) is 0 Å². The molecule has 1 aromatic rings. The van der Waals surface area contributed by atoms with Crippen molar-refractivity contribution in [1.82, 2.24) is 15.4 Å². The van der Waals surface area contributed by atoms with Gasteiger partial charge in [0, 0.05) is 38.7 Å². The molecule has 2 atom stereocenters. The predicted octanol–water partition coefficient (Wildman–Crippen LogP) is 2.76. The molecule has 7 nitrogen and oxygen atoms in total. The number of ether oxygens (including phenoxy) is 1. The first-order chi connectivity index (χ1) is 13.9. The van der Waals surface area contributed by atoms with Crippen molar-refractivity contribution >= 4 is 40.0 Å². The van der Waals surface area contributed by atoms with E-state index in [0.717, 1.165) is 25.9 Å². The summed E-state index contributed by atoms with van der Waals surface area (Å²) in [5, 5.41) is 6.30. The van der Waals surface area contributed by atoms with Crippen molar-refractivity contribution in [2.24, 2.45) is 4.99 Å². The summed E-state index contributed by atoms with van der Waals surface area (Å²) in [5.74, 6) is 0.918. The van der Waals surface area contributed by atoms with E-state index in [1.165, 1.54) is 11.1 Å². The Labute approximate surface area is 198 Å². The van der Waals surface area contributed by atoms with Crippen LogP contribution in [0.1, 0.15) is 50.2 Å². The van der Waals surface area contributed by atoms with Crippen molar-refractivity contribution in [2.75, 3.05) is 38.5 Å². The van der Waals surface area contributed by atoms with Gasteiger partial charge in [-0.1, -0.05) is 36.8 Å². The number of halogens is 1. The molecule has 2 unspecified atom stereocenters. The summed E-state index contributed by atoms with van der Waals surface area (Å²) in [5.41, 5.74) is 2.49. The first kappa shape index (κ1) is 27.1. The Morgan fingerprint density at radius 3 is 2.77 bits per heavy atom. The van der Waals surface area contributed by atoms with Crippen molar-refractivity contribution < 1.29 is 13.2 Å². The van der Waals surface area contributed by atoms with Crippen LogP contribution in [0.2, 0.25) is 0 Å².